The maximum atomic E-state index is 10.5. The lowest BCUT2D eigenvalue weighted by atomic mass is 9.78. The number of aliphatic hydroxyl groups is 1. The van der Waals surface area contributed by atoms with Gasteiger partial charge in [0.2, 0.25) is 0 Å². The monoisotopic (exact) mass is 214 g/mol. The molecule has 0 heterocycles. The summed E-state index contributed by atoms with van der Waals surface area (Å²) in [6.45, 7) is 4.47. The molecule has 0 aromatic heterocycles. The molecule has 0 bridgehead atoms. The molecule has 1 fully saturated rings. The lowest BCUT2D eigenvalue weighted by Crippen LogP contribution is -2.45. The van der Waals surface area contributed by atoms with Crippen molar-refractivity contribution in [2.24, 2.45) is 5.92 Å². The van der Waals surface area contributed by atoms with Crippen LogP contribution in [0.5, 0.6) is 0 Å². The third kappa shape index (κ3) is 3.76. The highest BCUT2D eigenvalue weighted by molar-refractivity contribution is 4.90. The molecule has 2 nitrogen and oxygen atoms in total. The molecule has 2 unspecified atom stereocenters. The van der Waals surface area contributed by atoms with Crippen LogP contribution >= 0.6 is 0 Å². The molecule has 90 valence electrons. The summed E-state index contributed by atoms with van der Waals surface area (Å²) in [4.78, 5) is 0. The van der Waals surface area contributed by atoms with E-state index in [1.165, 1.54) is 12.8 Å². The van der Waals surface area contributed by atoms with Crippen LogP contribution in [-0.4, -0.2) is 23.9 Å². The maximum absolute atomic E-state index is 10.5. The van der Waals surface area contributed by atoms with Crippen LogP contribution in [0, 0.1) is 5.92 Å². The predicted octanol–water partition coefficient (Wildman–Crippen LogP) is 3.13. The van der Waals surface area contributed by atoms with Crippen LogP contribution in [0.15, 0.2) is 0 Å². The maximum Gasteiger partial charge on any atom is 0.0908 e. The van der Waals surface area contributed by atoms with E-state index < -0.39 is 5.60 Å². The molecule has 1 saturated carbocycles. The van der Waals surface area contributed by atoms with Crippen LogP contribution < -0.4 is 0 Å². The Balaban J connectivity index is 2.39. The average molecular weight is 214 g/mol. The number of ether oxygens (including phenoxy) is 1. The molecule has 0 aromatic rings. The Morgan fingerprint density at radius 1 is 1.40 bits per heavy atom. The van der Waals surface area contributed by atoms with Crippen LogP contribution in [0.25, 0.3) is 0 Å². The highest BCUT2D eigenvalue weighted by Crippen LogP contribution is 2.34. The molecule has 0 spiro atoms. The van der Waals surface area contributed by atoms with Gasteiger partial charge in [-0.25, -0.2) is 0 Å². The Hall–Kier alpha value is -0.0800. The van der Waals surface area contributed by atoms with E-state index >= 15 is 0 Å². The van der Waals surface area contributed by atoms with E-state index in [1.54, 1.807) is 7.11 Å². The molecule has 15 heavy (non-hydrogen) atoms. The molecule has 0 aromatic carbocycles. The SMILES string of the molecule is COC1CCCCC1(O)CCCC(C)C. The highest BCUT2D eigenvalue weighted by Gasteiger charge is 2.38. The molecule has 0 aliphatic heterocycles. The van der Waals surface area contributed by atoms with E-state index in [4.69, 9.17) is 4.74 Å². The molecule has 2 heteroatoms. The van der Waals surface area contributed by atoms with Gasteiger partial charge in [-0.3, -0.25) is 0 Å². The Morgan fingerprint density at radius 2 is 2.13 bits per heavy atom. The number of hydrogen-bond acceptors (Lipinski definition) is 2. The first-order valence-corrected chi connectivity index (χ1v) is 6.33. The predicted molar refractivity (Wildman–Crippen MR) is 62.9 cm³/mol. The van der Waals surface area contributed by atoms with Crippen LogP contribution in [0.2, 0.25) is 0 Å². The number of methoxy groups -OCH3 is 1. The van der Waals surface area contributed by atoms with Gasteiger partial charge in [0, 0.05) is 7.11 Å². The third-order valence-electron chi connectivity index (χ3n) is 3.60. The third-order valence-corrected chi connectivity index (χ3v) is 3.60. The van der Waals surface area contributed by atoms with Gasteiger partial charge < -0.3 is 9.84 Å². The van der Waals surface area contributed by atoms with E-state index in [-0.39, 0.29) is 6.10 Å². The average Bonchev–Trinajstić information content (AvgIpc) is 2.17. The fourth-order valence-corrected chi connectivity index (χ4v) is 2.63. The van der Waals surface area contributed by atoms with Crippen molar-refractivity contribution in [1.82, 2.24) is 0 Å². The first-order chi connectivity index (χ1) is 7.08. The van der Waals surface area contributed by atoms with Gasteiger partial charge in [0.15, 0.2) is 0 Å². The summed E-state index contributed by atoms with van der Waals surface area (Å²) in [5, 5.41) is 10.5. The Bertz CT molecular complexity index is 179. The quantitative estimate of drug-likeness (QED) is 0.762. The Labute approximate surface area is 94.0 Å². The molecule has 1 aliphatic carbocycles. The summed E-state index contributed by atoms with van der Waals surface area (Å²) in [5.74, 6) is 0.734. The van der Waals surface area contributed by atoms with E-state index in [2.05, 4.69) is 13.8 Å². The molecule has 0 amide bonds. The van der Waals surface area contributed by atoms with Gasteiger partial charge in [-0.05, 0) is 25.2 Å². The van der Waals surface area contributed by atoms with Gasteiger partial charge in [-0.1, -0.05) is 39.5 Å². The normalized spacial score (nSPS) is 32.2. The lowest BCUT2D eigenvalue weighted by Gasteiger charge is -2.39. The minimum Gasteiger partial charge on any atom is -0.387 e. The van der Waals surface area contributed by atoms with E-state index in [1.807, 2.05) is 0 Å². The van der Waals surface area contributed by atoms with Crippen LogP contribution in [0.1, 0.15) is 58.8 Å². The van der Waals surface area contributed by atoms with Crippen molar-refractivity contribution >= 4 is 0 Å². The van der Waals surface area contributed by atoms with E-state index in [0.717, 1.165) is 38.0 Å². The van der Waals surface area contributed by atoms with Crippen molar-refractivity contribution in [2.75, 3.05) is 7.11 Å². The van der Waals surface area contributed by atoms with E-state index in [9.17, 15) is 5.11 Å². The minimum atomic E-state index is -0.540. The number of hydrogen-bond donors (Lipinski definition) is 1. The molecule has 1 N–H and O–H groups in total. The van der Waals surface area contributed by atoms with Crippen molar-refractivity contribution in [3.8, 4) is 0 Å². The second-order valence-corrected chi connectivity index (χ2v) is 5.36. The van der Waals surface area contributed by atoms with Crippen molar-refractivity contribution in [3.05, 3.63) is 0 Å². The van der Waals surface area contributed by atoms with Gasteiger partial charge in [0.1, 0.15) is 0 Å². The molecule has 0 saturated heterocycles. The molecule has 0 radical (unpaired) electrons. The fraction of sp³-hybridized carbons (Fsp3) is 1.00. The largest absolute Gasteiger partial charge is 0.387 e. The van der Waals surface area contributed by atoms with E-state index in [0.29, 0.717) is 0 Å². The van der Waals surface area contributed by atoms with Gasteiger partial charge in [0.25, 0.3) is 0 Å². The summed E-state index contributed by atoms with van der Waals surface area (Å²) in [5.41, 5.74) is -0.540. The lowest BCUT2D eigenvalue weighted by molar-refractivity contribution is -0.122. The van der Waals surface area contributed by atoms with Crippen LogP contribution in [0.4, 0.5) is 0 Å². The smallest absolute Gasteiger partial charge is 0.0908 e. The Kier molecular flexibility index (Phi) is 5.07. The van der Waals surface area contributed by atoms with Crippen LogP contribution in [-0.2, 0) is 4.74 Å². The molecule has 1 aliphatic rings. The minimum absolute atomic E-state index is 0.0680. The topological polar surface area (TPSA) is 29.5 Å². The first kappa shape index (κ1) is 13.0. The zero-order valence-electron chi connectivity index (χ0n) is 10.5. The van der Waals surface area contributed by atoms with Gasteiger partial charge in [0.05, 0.1) is 11.7 Å². The summed E-state index contributed by atoms with van der Waals surface area (Å²) in [7, 11) is 1.73. The van der Waals surface area contributed by atoms with Gasteiger partial charge in [-0.2, -0.15) is 0 Å². The fourth-order valence-electron chi connectivity index (χ4n) is 2.63. The summed E-state index contributed by atoms with van der Waals surface area (Å²) in [6, 6.07) is 0. The molecule has 2 atom stereocenters. The van der Waals surface area contributed by atoms with Gasteiger partial charge in [-0.15, -0.1) is 0 Å². The van der Waals surface area contributed by atoms with Crippen molar-refractivity contribution in [1.29, 1.82) is 0 Å². The molecular weight excluding hydrogens is 188 g/mol. The zero-order chi connectivity index (χ0) is 11.3. The van der Waals surface area contributed by atoms with Crippen molar-refractivity contribution < 1.29 is 9.84 Å². The Morgan fingerprint density at radius 3 is 2.73 bits per heavy atom. The first-order valence-electron chi connectivity index (χ1n) is 6.33. The van der Waals surface area contributed by atoms with Crippen molar-refractivity contribution in [3.63, 3.8) is 0 Å². The molecular formula is C13H26O2. The second kappa shape index (κ2) is 5.86. The summed E-state index contributed by atoms with van der Waals surface area (Å²) < 4.78 is 5.41. The zero-order valence-corrected chi connectivity index (χ0v) is 10.5. The summed E-state index contributed by atoms with van der Waals surface area (Å²) in [6.07, 6.45) is 7.59. The standard InChI is InChI=1S/C13H26O2/c1-11(2)7-6-10-13(14)9-5-4-8-12(13)15-3/h11-12,14H,4-10H2,1-3H3. The van der Waals surface area contributed by atoms with Crippen LogP contribution in [0.3, 0.4) is 0 Å². The van der Waals surface area contributed by atoms with Crippen molar-refractivity contribution in [2.45, 2.75) is 70.5 Å². The highest BCUT2D eigenvalue weighted by atomic mass is 16.5. The molecule has 1 rings (SSSR count). The van der Waals surface area contributed by atoms with Gasteiger partial charge >= 0.3 is 0 Å². The second-order valence-electron chi connectivity index (χ2n) is 5.36. The number of rotatable bonds is 5. The summed E-state index contributed by atoms with van der Waals surface area (Å²) >= 11 is 0.